The molecule has 0 unspecified atom stereocenters. The minimum atomic E-state index is 0.321. The van der Waals surface area contributed by atoms with Gasteiger partial charge >= 0.3 is 0 Å². The third-order valence-corrected chi connectivity index (χ3v) is 8.23. The molecule has 0 atom stereocenters. The molecule has 0 aliphatic heterocycles. The standard InChI is InChI=1S/C38H34N2O/c1-23(2)30-20-27(26-13-7-6-8-14-26)21-31(24(3)4)36(30)40-34-17-11-10-16-33(34)39-38(40)28-19-25(5)37-32(22-28)29-15-9-12-18-35(29)41-37/h6-24H,1-5H3. The summed E-state index contributed by atoms with van der Waals surface area (Å²) in [5.41, 5.74) is 12.6. The number of imidazole rings is 1. The molecule has 41 heavy (non-hydrogen) atoms. The largest absolute Gasteiger partial charge is 0.456 e. The maximum atomic E-state index is 6.28. The van der Waals surface area contributed by atoms with Crippen LogP contribution in [-0.4, -0.2) is 9.55 Å². The van der Waals surface area contributed by atoms with Crippen molar-refractivity contribution in [1.29, 1.82) is 0 Å². The van der Waals surface area contributed by atoms with Crippen molar-refractivity contribution in [2.75, 3.05) is 0 Å². The van der Waals surface area contributed by atoms with Crippen LogP contribution in [0.25, 0.3) is 61.2 Å². The van der Waals surface area contributed by atoms with Crippen molar-refractivity contribution in [2.24, 2.45) is 0 Å². The van der Waals surface area contributed by atoms with Crippen molar-refractivity contribution in [2.45, 2.75) is 46.5 Å². The van der Waals surface area contributed by atoms with Crippen molar-refractivity contribution in [1.82, 2.24) is 9.55 Å². The van der Waals surface area contributed by atoms with Crippen molar-refractivity contribution >= 4 is 33.0 Å². The molecule has 0 spiro atoms. The molecule has 2 heterocycles. The summed E-state index contributed by atoms with van der Waals surface area (Å²) in [4.78, 5) is 5.29. The fourth-order valence-corrected chi connectivity index (χ4v) is 6.19. The van der Waals surface area contributed by atoms with Crippen LogP contribution in [0.5, 0.6) is 0 Å². The molecule has 0 saturated carbocycles. The maximum absolute atomic E-state index is 6.28. The van der Waals surface area contributed by atoms with Crippen molar-refractivity contribution in [3.63, 3.8) is 0 Å². The fraction of sp³-hybridized carbons (Fsp3) is 0.184. The Morgan fingerprint density at radius 2 is 1.29 bits per heavy atom. The molecule has 0 N–H and O–H groups in total. The third kappa shape index (κ3) is 4.15. The van der Waals surface area contributed by atoms with Gasteiger partial charge in [-0.3, -0.25) is 4.57 Å². The number of fused-ring (bicyclic) bond motifs is 4. The van der Waals surface area contributed by atoms with Crippen LogP contribution < -0.4 is 0 Å². The Kier molecular flexibility index (Phi) is 6.04. The lowest BCUT2D eigenvalue weighted by molar-refractivity contribution is 0.666. The van der Waals surface area contributed by atoms with Crippen LogP contribution in [0.1, 0.15) is 56.2 Å². The minimum Gasteiger partial charge on any atom is -0.456 e. The van der Waals surface area contributed by atoms with Gasteiger partial charge in [-0.05, 0) is 89.0 Å². The van der Waals surface area contributed by atoms with Crippen LogP contribution >= 0.6 is 0 Å². The van der Waals surface area contributed by atoms with Gasteiger partial charge in [0.25, 0.3) is 0 Å². The number of aryl methyl sites for hydroxylation is 1. The molecule has 0 radical (unpaired) electrons. The van der Waals surface area contributed by atoms with E-state index in [0.29, 0.717) is 11.8 Å². The summed E-state index contributed by atoms with van der Waals surface area (Å²) in [5, 5.41) is 2.26. The third-order valence-electron chi connectivity index (χ3n) is 8.23. The number of aromatic nitrogens is 2. The van der Waals surface area contributed by atoms with Crippen LogP contribution in [0.2, 0.25) is 0 Å². The summed E-state index contributed by atoms with van der Waals surface area (Å²) in [7, 11) is 0. The van der Waals surface area contributed by atoms with Gasteiger partial charge in [-0.15, -0.1) is 0 Å². The first-order chi connectivity index (χ1) is 19.9. The van der Waals surface area contributed by atoms with Gasteiger partial charge in [0.1, 0.15) is 17.0 Å². The van der Waals surface area contributed by atoms with E-state index in [1.807, 2.05) is 12.1 Å². The molecule has 0 aliphatic carbocycles. The zero-order valence-electron chi connectivity index (χ0n) is 24.3. The van der Waals surface area contributed by atoms with E-state index in [1.54, 1.807) is 0 Å². The number of furan rings is 1. The van der Waals surface area contributed by atoms with Crippen molar-refractivity contribution < 1.29 is 4.42 Å². The maximum Gasteiger partial charge on any atom is 0.145 e. The first kappa shape index (κ1) is 25.3. The minimum absolute atomic E-state index is 0.321. The van der Waals surface area contributed by atoms with Gasteiger partial charge in [0, 0.05) is 16.3 Å². The van der Waals surface area contributed by atoms with E-state index in [1.165, 1.54) is 27.9 Å². The Morgan fingerprint density at radius 1 is 0.634 bits per heavy atom. The Morgan fingerprint density at radius 3 is 2.02 bits per heavy atom. The monoisotopic (exact) mass is 534 g/mol. The Labute approximate surface area is 241 Å². The molecule has 3 nitrogen and oxygen atoms in total. The number of hydrogen-bond donors (Lipinski definition) is 0. The number of nitrogens with zero attached hydrogens (tertiary/aromatic N) is 2. The van der Waals surface area contributed by atoms with Gasteiger partial charge in [-0.2, -0.15) is 0 Å². The smallest absolute Gasteiger partial charge is 0.145 e. The van der Waals surface area contributed by atoms with Crippen LogP contribution in [-0.2, 0) is 0 Å². The molecular formula is C38H34N2O. The highest BCUT2D eigenvalue weighted by atomic mass is 16.3. The second-order valence-corrected chi connectivity index (χ2v) is 11.7. The van der Waals surface area contributed by atoms with Crippen molar-refractivity contribution in [3.8, 4) is 28.2 Å². The summed E-state index contributed by atoms with van der Waals surface area (Å²) >= 11 is 0. The van der Waals surface area contributed by atoms with E-state index in [0.717, 1.165) is 49.9 Å². The van der Waals surface area contributed by atoms with Gasteiger partial charge in [-0.25, -0.2) is 4.98 Å². The van der Waals surface area contributed by atoms with E-state index in [9.17, 15) is 0 Å². The molecule has 0 bridgehead atoms. The average Bonchev–Trinajstić information content (AvgIpc) is 3.56. The van der Waals surface area contributed by atoms with Crippen LogP contribution in [0.15, 0.2) is 108 Å². The number of rotatable bonds is 5. The summed E-state index contributed by atoms with van der Waals surface area (Å²) in [6.07, 6.45) is 0. The first-order valence-electron chi connectivity index (χ1n) is 14.5. The molecule has 2 aromatic heterocycles. The zero-order valence-corrected chi connectivity index (χ0v) is 24.3. The lowest BCUT2D eigenvalue weighted by atomic mass is 9.88. The van der Waals surface area contributed by atoms with Gasteiger partial charge in [0.15, 0.2) is 0 Å². The highest BCUT2D eigenvalue weighted by Crippen LogP contribution is 2.41. The topological polar surface area (TPSA) is 31.0 Å². The molecular weight excluding hydrogens is 500 g/mol. The van der Waals surface area contributed by atoms with Gasteiger partial charge < -0.3 is 4.42 Å². The second-order valence-electron chi connectivity index (χ2n) is 11.7. The normalized spacial score (nSPS) is 12.0. The summed E-state index contributed by atoms with van der Waals surface area (Å²) in [5.74, 6) is 1.60. The Hall–Kier alpha value is -4.63. The van der Waals surface area contributed by atoms with Crippen LogP contribution in [0.4, 0.5) is 0 Å². The number of benzene rings is 5. The lowest BCUT2D eigenvalue weighted by Gasteiger charge is -2.24. The number of hydrogen-bond acceptors (Lipinski definition) is 2. The second kappa shape index (κ2) is 9.78. The molecule has 0 fully saturated rings. The molecule has 202 valence electrons. The molecule has 3 heteroatoms. The first-order valence-corrected chi connectivity index (χ1v) is 14.5. The fourth-order valence-electron chi connectivity index (χ4n) is 6.19. The van der Waals surface area contributed by atoms with Gasteiger partial charge in [-0.1, -0.05) is 88.4 Å². The van der Waals surface area contributed by atoms with Gasteiger partial charge in [0.05, 0.1) is 16.7 Å². The summed E-state index contributed by atoms with van der Waals surface area (Å²) < 4.78 is 8.69. The molecule has 0 saturated heterocycles. The van der Waals surface area contributed by atoms with E-state index in [-0.39, 0.29) is 0 Å². The van der Waals surface area contributed by atoms with Gasteiger partial charge in [0.2, 0.25) is 0 Å². The molecule has 7 aromatic rings. The van der Waals surface area contributed by atoms with Crippen LogP contribution in [0.3, 0.4) is 0 Å². The van der Waals surface area contributed by atoms with E-state index < -0.39 is 0 Å². The predicted molar refractivity (Wildman–Crippen MR) is 172 cm³/mol. The highest BCUT2D eigenvalue weighted by molar-refractivity contribution is 6.07. The molecule has 7 rings (SSSR count). The van der Waals surface area contributed by atoms with Crippen molar-refractivity contribution in [3.05, 3.63) is 120 Å². The quantitative estimate of drug-likeness (QED) is 0.220. The lowest BCUT2D eigenvalue weighted by Crippen LogP contribution is -2.09. The average molecular weight is 535 g/mol. The molecule has 5 aromatic carbocycles. The van der Waals surface area contributed by atoms with E-state index >= 15 is 0 Å². The predicted octanol–water partition coefficient (Wildman–Crippen LogP) is 10.8. The number of para-hydroxylation sites is 3. The zero-order chi connectivity index (χ0) is 28.2. The summed E-state index contributed by atoms with van der Waals surface area (Å²) in [6.45, 7) is 11.3. The Bertz CT molecular complexity index is 2030. The molecule has 0 amide bonds. The van der Waals surface area contributed by atoms with Crippen LogP contribution in [0, 0.1) is 6.92 Å². The summed E-state index contributed by atoms with van der Waals surface area (Å²) in [6, 6.07) is 36.8. The Balaban J connectivity index is 1.57. The van der Waals surface area contributed by atoms with E-state index in [2.05, 4.69) is 130 Å². The SMILES string of the molecule is Cc1cc(-c2nc3ccccc3n2-c2c(C(C)C)cc(-c3ccccc3)cc2C(C)C)cc2c1oc1ccccc12. The highest BCUT2D eigenvalue weighted by Gasteiger charge is 2.24. The van der Waals surface area contributed by atoms with E-state index in [4.69, 9.17) is 9.40 Å². The molecule has 0 aliphatic rings.